The largest absolute Gasteiger partial charge is 0.477 e. The van der Waals surface area contributed by atoms with Crippen LogP contribution < -0.4 is 5.32 Å². The maximum absolute atomic E-state index is 11.5. The molecule has 3 rings (SSSR count). The van der Waals surface area contributed by atoms with Crippen molar-refractivity contribution in [1.29, 1.82) is 0 Å². The molecular formula is C16H15NO2S. The molecule has 102 valence electrons. The SMILES string of the molecule is O=C(O)c1sc(-c2ccccc2)cc1C1CC=CNC1. The third-order valence-electron chi connectivity index (χ3n) is 3.47. The molecule has 1 aromatic heterocycles. The fraction of sp³-hybridized carbons (Fsp3) is 0.188. The van der Waals surface area contributed by atoms with Crippen molar-refractivity contribution in [1.82, 2.24) is 5.32 Å². The van der Waals surface area contributed by atoms with E-state index in [2.05, 4.69) is 11.4 Å². The average Bonchev–Trinajstić information content (AvgIpc) is 2.94. The van der Waals surface area contributed by atoms with Gasteiger partial charge in [-0.1, -0.05) is 36.4 Å². The van der Waals surface area contributed by atoms with Crippen LogP contribution in [0.5, 0.6) is 0 Å². The molecule has 2 heterocycles. The van der Waals surface area contributed by atoms with Crippen LogP contribution >= 0.6 is 11.3 Å². The van der Waals surface area contributed by atoms with Crippen molar-refractivity contribution >= 4 is 17.3 Å². The zero-order valence-electron chi connectivity index (χ0n) is 10.9. The molecule has 0 aliphatic carbocycles. The molecule has 0 saturated carbocycles. The Morgan fingerprint density at radius 2 is 2.10 bits per heavy atom. The summed E-state index contributed by atoms with van der Waals surface area (Å²) in [6, 6.07) is 12.0. The Kier molecular flexibility index (Phi) is 3.56. The predicted molar refractivity (Wildman–Crippen MR) is 81.2 cm³/mol. The van der Waals surface area contributed by atoms with E-state index < -0.39 is 5.97 Å². The number of carboxylic acids is 1. The molecule has 0 bridgehead atoms. The first-order valence-electron chi connectivity index (χ1n) is 6.56. The van der Waals surface area contributed by atoms with Gasteiger partial charge in [-0.15, -0.1) is 11.3 Å². The summed E-state index contributed by atoms with van der Waals surface area (Å²) in [4.78, 5) is 13.0. The van der Waals surface area contributed by atoms with Crippen molar-refractivity contribution in [3.05, 3.63) is 59.1 Å². The number of benzene rings is 1. The van der Waals surface area contributed by atoms with Gasteiger partial charge in [0.25, 0.3) is 0 Å². The van der Waals surface area contributed by atoms with Crippen molar-refractivity contribution in [3.63, 3.8) is 0 Å². The van der Waals surface area contributed by atoms with Crippen LogP contribution in [0.2, 0.25) is 0 Å². The van der Waals surface area contributed by atoms with Crippen LogP contribution in [-0.2, 0) is 0 Å². The van der Waals surface area contributed by atoms with Crippen LogP contribution in [0.15, 0.2) is 48.7 Å². The van der Waals surface area contributed by atoms with Crippen LogP contribution in [-0.4, -0.2) is 17.6 Å². The molecule has 1 aliphatic rings. The molecule has 1 atom stereocenters. The van der Waals surface area contributed by atoms with E-state index in [4.69, 9.17) is 0 Å². The first-order chi connectivity index (χ1) is 9.75. The fourth-order valence-corrected chi connectivity index (χ4v) is 3.56. The van der Waals surface area contributed by atoms with E-state index in [0.717, 1.165) is 29.0 Å². The first-order valence-corrected chi connectivity index (χ1v) is 7.38. The smallest absolute Gasteiger partial charge is 0.346 e. The summed E-state index contributed by atoms with van der Waals surface area (Å²) < 4.78 is 0. The Bertz CT molecular complexity index is 646. The Labute approximate surface area is 121 Å². The number of carboxylic acid groups (broad SMARTS) is 1. The number of thiophene rings is 1. The normalized spacial score (nSPS) is 17.7. The number of hydrogen-bond acceptors (Lipinski definition) is 3. The summed E-state index contributed by atoms with van der Waals surface area (Å²) in [5.41, 5.74) is 2.02. The molecule has 1 unspecified atom stereocenters. The van der Waals surface area contributed by atoms with E-state index in [1.807, 2.05) is 42.6 Å². The number of carbonyl (C=O) groups is 1. The van der Waals surface area contributed by atoms with Gasteiger partial charge in [-0.2, -0.15) is 0 Å². The standard InChI is InChI=1S/C16H15NO2S/c18-16(19)15-13(12-7-4-8-17-10-12)9-14(20-15)11-5-2-1-3-6-11/h1-6,8-9,12,17H,7,10H2,(H,18,19). The molecule has 2 N–H and O–H groups in total. The summed E-state index contributed by atoms with van der Waals surface area (Å²) in [5, 5.41) is 12.6. The molecule has 2 aromatic rings. The quantitative estimate of drug-likeness (QED) is 0.904. The Hall–Kier alpha value is -2.07. The summed E-state index contributed by atoms with van der Waals surface area (Å²) >= 11 is 1.36. The zero-order valence-corrected chi connectivity index (χ0v) is 11.7. The van der Waals surface area contributed by atoms with Crippen LogP contribution in [0.25, 0.3) is 10.4 Å². The Morgan fingerprint density at radius 3 is 2.75 bits per heavy atom. The van der Waals surface area contributed by atoms with Crippen molar-refractivity contribution in [2.75, 3.05) is 6.54 Å². The second-order valence-electron chi connectivity index (χ2n) is 4.81. The number of rotatable bonds is 3. The Balaban J connectivity index is 2.02. The van der Waals surface area contributed by atoms with Gasteiger partial charge in [-0.25, -0.2) is 4.79 Å². The van der Waals surface area contributed by atoms with Crippen LogP contribution in [0.1, 0.15) is 27.6 Å². The molecule has 0 amide bonds. The highest BCUT2D eigenvalue weighted by Gasteiger charge is 2.23. The van der Waals surface area contributed by atoms with E-state index in [0.29, 0.717) is 4.88 Å². The monoisotopic (exact) mass is 285 g/mol. The van der Waals surface area contributed by atoms with Crippen molar-refractivity contribution in [3.8, 4) is 10.4 Å². The van der Waals surface area contributed by atoms with E-state index in [9.17, 15) is 9.90 Å². The predicted octanol–water partition coefficient (Wildman–Crippen LogP) is 3.70. The zero-order chi connectivity index (χ0) is 13.9. The third-order valence-corrected chi connectivity index (χ3v) is 4.66. The molecule has 0 spiro atoms. The molecule has 1 aliphatic heterocycles. The highest BCUT2D eigenvalue weighted by Crippen LogP contribution is 2.36. The lowest BCUT2D eigenvalue weighted by Crippen LogP contribution is -2.20. The summed E-state index contributed by atoms with van der Waals surface area (Å²) in [6.07, 6.45) is 4.87. The van der Waals surface area contributed by atoms with E-state index >= 15 is 0 Å². The topological polar surface area (TPSA) is 49.3 Å². The first kappa shape index (κ1) is 12.9. The highest BCUT2D eigenvalue weighted by molar-refractivity contribution is 7.17. The molecule has 20 heavy (non-hydrogen) atoms. The van der Waals surface area contributed by atoms with E-state index in [1.54, 1.807) is 0 Å². The summed E-state index contributed by atoms with van der Waals surface area (Å²) in [5.74, 6) is -0.596. The maximum atomic E-state index is 11.5. The van der Waals surface area contributed by atoms with Gasteiger partial charge in [0.05, 0.1) is 0 Å². The molecule has 0 radical (unpaired) electrons. The number of allylic oxidation sites excluding steroid dienone is 1. The molecule has 3 nitrogen and oxygen atoms in total. The summed E-state index contributed by atoms with van der Waals surface area (Å²) in [7, 11) is 0. The molecular weight excluding hydrogens is 270 g/mol. The molecule has 4 heteroatoms. The van der Waals surface area contributed by atoms with Gasteiger partial charge in [0.2, 0.25) is 0 Å². The second kappa shape index (κ2) is 5.51. The number of hydrogen-bond donors (Lipinski definition) is 2. The van der Waals surface area contributed by atoms with Gasteiger partial charge in [0.15, 0.2) is 0 Å². The lowest BCUT2D eigenvalue weighted by atomic mass is 9.93. The minimum absolute atomic E-state index is 0.236. The van der Waals surface area contributed by atoms with Gasteiger partial charge >= 0.3 is 5.97 Å². The van der Waals surface area contributed by atoms with E-state index in [-0.39, 0.29) is 5.92 Å². The lowest BCUT2D eigenvalue weighted by Gasteiger charge is -2.18. The van der Waals surface area contributed by atoms with Crippen LogP contribution in [0.3, 0.4) is 0 Å². The third kappa shape index (κ3) is 2.47. The molecule has 0 saturated heterocycles. The second-order valence-corrected chi connectivity index (χ2v) is 5.86. The summed E-state index contributed by atoms with van der Waals surface area (Å²) in [6.45, 7) is 0.793. The van der Waals surface area contributed by atoms with Gasteiger partial charge < -0.3 is 10.4 Å². The van der Waals surface area contributed by atoms with Crippen molar-refractivity contribution in [2.45, 2.75) is 12.3 Å². The van der Waals surface area contributed by atoms with Crippen molar-refractivity contribution < 1.29 is 9.90 Å². The molecule has 1 aromatic carbocycles. The fourth-order valence-electron chi connectivity index (χ4n) is 2.47. The van der Waals surface area contributed by atoms with Gasteiger partial charge in [0.1, 0.15) is 4.88 Å². The van der Waals surface area contributed by atoms with Crippen LogP contribution in [0, 0.1) is 0 Å². The van der Waals surface area contributed by atoms with E-state index in [1.165, 1.54) is 11.3 Å². The molecule has 0 fully saturated rings. The lowest BCUT2D eigenvalue weighted by molar-refractivity contribution is 0.0700. The van der Waals surface area contributed by atoms with Gasteiger partial charge in [-0.05, 0) is 29.8 Å². The van der Waals surface area contributed by atoms with Gasteiger partial charge in [-0.3, -0.25) is 0 Å². The average molecular weight is 285 g/mol. The van der Waals surface area contributed by atoms with Crippen molar-refractivity contribution in [2.24, 2.45) is 0 Å². The number of nitrogens with one attached hydrogen (secondary N) is 1. The number of aromatic carboxylic acids is 1. The Morgan fingerprint density at radius 1 is 1.30 bits per heavy atom. The van der Waals surface area contributed by atoms with Gasteiger partial charge in [0, 0.05) is 17.3 Å². The van der Waals surface area contributed by atoms with Crippen LogP contribution in [0.4, 0.5) is 0 Å². The highest BCUT2D eigenvalue weighted by atomic mass is 32.1. The minimum Gasteiger partial charge on any atom is -0.477 e. The minimum atomic E-state index is -0.832. The maximum Gasteiger partial charge on any atom is 0.346 e.